The fraction of sp³-hybridized carbons (Fsp3) is 0.308. The molecule has 0 bridgehead atoms. The largest absolute Gasteiger partial charge is 0.388 e. The molecule has 3 nitrogen and oxygen atoms in total. The summed E-state index contributed by atoms with van der Waals surface area (Å²) in [6.07, 6.45) is 3.96. The molecule has 0 saturated heterocycles. The third-order valence-electron chi connectivity index (χ3n) is 3.22. The second-order valence-corrected chi connectivity index (χ2v) is 4.34. The van der Waals surface area contributed by atoms with E-state index in [0.717, 1.165) is 36.2 Å². The van der Waals surface area contributed by atoms with Crippen molar-refractivity contribution >= 4 is 0 Å². The maximum absolute atomic E-state index is 12.9. The van der Waals surface area contributed by atoms with Crippen LogP contribution in [0.2, 0.25) is 0 Å². The van der Waals surface area contributed by atoms with E-state index in [1.165, 1.54) is 12.1 Å². The van der Waals surface area contributed by atoms with Crippen molar-refractivity contribution in [2.24, 2.45) is 0 Å². The van der Waals surface area contributed by atoms with Crippen molar-refractivity contribution in [2.45, 2.75) is 25.4 Å². The Kier molecular flexibility index (Phi) is 2.44. The monoisotopic (exact) mass is 232 g/mol. The third-order valence-corrected chi connectivity index (χ3v) is 3.22. The summed E-state index contributed by atoms with van der Waals surface area (Å²) in [5, 5.41) is 14.1. The molecule has 1 aromatic heterocycles. The molecule has 0 fully saturated rings. The van der Waals surface area contributed by atoms with Gasteiger partial charge in [0.25, 0.3) is 0 Å². The van der Waals surface area contributed by atoms with Gasteiger partial charge in [-0.1, -0.05) is 0 Å². The highest BCUT2D eigenvalue weighted by Gasteiger charge is 2.22. The average molecular weight is 232 g/mol. The van der Waals surface area contributed by atoms with Gasteiger partial charge in [0.2, 0.25) is 0 Å². The number of aliphatic hydroxyl groups excluding tert-OH is 1. The van der Waals surface area contributed by atoms with Crippen molar-refractivity contribution < 1.29 is 9.50 Å². The maximum Gasteiger partial charge on any atom is 0.123 e. The van der Waals surface area contributed by atoms with Gasteiger partial charge < -0.3 is 5.11 Å². The molecule has 2 aromatic rings. The highest BCUT2D eigenvalue weighted by atomic mass is 19.1. The molecule has 1 atom stereocenters. The Morgan fingerprint density at radius 1 is 1.29 bits per heavy atom. The molecule has 88 valence electrons. The predicted molar refractivity (Wildman–Crippen MR) is 61.4 cm³/mol. The molecule has 1 heterocycles. The molecular weight excluding hydrogens is 219 g/mol. The van der Waals surface area contributed by atoms with Gasteiger partial charge in [0, 0.05) is 5.56 Å². The van der Waals surface area contributed by atoms with Crippen LogP contribution in [0.15, 0.2) is 30.5 Å². The van der Waals surface area contributed by atoms with E-state index in [-0.39, 0.29) is 5.82 Å². The smallest absolute Gasteiger partial charge is 0.123 e. The Morgan fingerprint density at radius 2 is 2.06 bits per heavy atom. The summed E-state index contributed by atoms with van der Waals surface area (Å²) in [7, 11) is 0. The number of hydrogen-bond donors (Lipinski definition) is 1. The van der Waals surface area contributed by atoms with E-state index in [1.54, 1.807) is 23.0 Å². The minimum absolute atomic E-state index is 0.255. The maximum atomic E-state index is 12.9. The van der Waals surface area contributed by atoms with Gasteiger partial charge in [-0.2, -0.15) is 5.10 Å². The quantitative estimate of drug-likeness (QED) is 0.819. The zero-order chi connectivity index (χ0) is 11.8. The van der Waals surface area contributed by atoms with Crippen LogP contribution in [0.5, 0.6) is 0 Å². The number of aliphatic hydroxyl groups is 1. The van der Waals surface area contributed by atoms with Gasteiger partial charge in [-0.3, -0.25) is 0 Å². The minimum atomic E-state index is -0.409. The Bertz CT molecular complexity index is 533. The Balaban J connectivity index is 2.07. The first-order valence-corrected chi connectivity index (χ1v) is 5.76. The van der Waals surface area contributed by atoms with Gasteiger partial charge in [0.05, 0.1) is 23.7 Å². The summed E-state index contributed by atoms with van der Waals surface area (Å²) in [4.78, 5) is 0. The van der Waals surface area contributed by atoms with E-state index in [4.69, 9.17) is 0 Å². The molecule has 1 aliphatic carbocycles. The lowest BCUT2D eigenvalue weighted by Gasteiger charge is -2.18. The molecule has 4 heteroatoms. The van der Waals surface area contributed by atoms with Crippen LogP contribution in [0.3, 0.4) is 0 Å². The zero-order valence-electron chi connectivity index (χ0n) is 9.31. The minimum Gasteiger partial charge on any atom is -0.388 e. The predicted octanol–water partition coefficient (Wildman–Crippen LogP) is 2.38. The van der Waals surface area contributed by atoms with E-state index in [0.29, 0.717) is 0 Å². The van der Waals surface area contributed by atoms with Crippen molar-refractivity contribution in [1.29, 1.82) is 0 Å². The molecule has 1 N–H and O–H groups in total. The van der Waals surface area contributed by atoms with Crippen LogP contribution >= 0.6 is 0 Å². The molecule has 3 rings (SSSR count). The Labute approximate surface area is 98.5 Å². The summed E-state index contributed by atoms with van der Waals surface area (Å²) in [6.45, 7) is 0. The Morgan fingerprint density at radius 3 is 2.82 bits per heavy atom. The fourth-order valence-corrected chi connectivity index (χ4v) is 2.34. The van der Waals surface area contributed by atoms with Crippen molar-refractivity contribution in [3.63, 3.8) is 0 Å². The van der Waals surface area contributed by atoms with Crippen LogP contribution in [0, 0.1) is 5.82 Å². The number of benzene rings is 1. The highest BCUT2D eigenvalue weighted by molar-refractivity contribution is 5.36. The van der Waals surface area contributed by atoms with Crippen LogP contribution in [-0.4, -0.2) is 14.9 Å². The first-order valence-electron chi connectivity index (χ1n) is 5.76. The van der Waals surface area contributed by atoms with Crippen molar-refractivity contribution in [3.05, 3.63) is 47.5 Å². The van der Waals surface area contributed by atoms with Gasteiger partial charge in [-0.25, -0.2) is 9.07 Å². The Hall–Kier alpha value is -1.68. The van der Waals surface area contributed by atoms with Gasteiger partial charge >= 0.3 is 0 Å². The second kappa shape index (κ2) is 3.96. The van der Waals surface area contributed by atoms with Crippen molar-refractivity contribution in [3.8, 4) is 5.69 Å². The third kappa shape index (κ3) is 1.74. The van der Waals surface area contributed by atoms with Crippen LogP contribution in [0.4, 0.5) is 4.39 Å². The number of aromatic nitrogens is 2. The molecule has 1 aliphatic rings. The van der Waals surface area contributed by atoms with Crippen LogP contribution in [0.1, 0.15) is 30.2 Å². The highest BCUT2D eigenvalue weighted by Crippen LogP contribution is 2.30. The molecular formula is C13H13FN2O. The lowest BCUT2D eigenvalue weighted by Crippen LogP contribution is -2.11. The van der Waals surface area contributed by atoms with Gasteiger partial charge in [0.1, 0.15) is 5.82 Å². The van der Waals surface area contributed by atoms with E-state index in [2.05, 4.69) is 5.10 Å². The molecule has 17 heavy (non-hydrogen) atoms. The molecule has 1 unspecified atom stereocenters. The van der Waals surface area contributed by atoms with Crippen molar-refractivity contribution in [1.82, 2.24) is 9.78 Å². The summed E-state index contributed by atoms with van der Waals surface area (Å²) in [6, 6.07) is 6.23. The second-order valence-electron chi connectivity index (χ2n) is 4.34. The molecule has 0 radical (unpaired) electrons. The normalized spacial score (nSPS) is 19.1. The first kappa shape index (κ1) is 10.5. The van der Waals surface area contributed by atoms with Crippen LogP contribution in [0.25, 0.3) is 5.69 Å². The van der Waals surface area contributed by atoms with E-state index < -0.39 is 6.10 Å². The number of halogens is 1. The zero-order valence-corrected chi connectivity index (χ0v) is 9.31. The number of hydrogen-bond acceptors (Lipinski definition) is 2. The molecule has 0 saturated carbocycles. The van der Waals surface area contributed by atoms with Crippen molar-refractivity contribution in [2.75, 3.05) is 0 Å². The average Bonchev–Trinajstić information content (AvgIpc) is 2.75. The number of nitrogens with zero attached hydrogens (tertiary/aromatic N) is 2. The number of rotatable bonds is 1. The molecule has 0 aliphatic heterocycles. The molecule has 1 aromatic carbocycles. The summed E-state index contributed by atoms with van der Waals surface area (Å²) in [5.74, 6) is -0.255. The van der Waals surface area contributed by atoms with E-state index >= 15 is 0 Å². The molecule has 0 amide bonds. The van der Waals surface area contributed by atoms with Crippen LogP contribution < -0.4 is 0 Å². The topological polar surface area (TPSA) is 38.1 Å². The number of fused-ring (bicyclic) bond motifs is 1. The SMILES string of the molecule is OC1CCCc2c1cnn2-c1ccc(F)cc1. The van der Waals surface area contributed by atoms with Crippen LogP contribution in [-0.2, 0) is 6.42 Å². The first-order chi connectivity index (χ1) is 8.25. The van der Waals surface area contributed by atoms with Gasteiger partial charge in [0.15, 0.2) is 0 Å². The summed E-state index contributed by atoms with van der Waals surface area (Å²) < 4.78 is 14.6. The van der Waals surface area contributed by atoms with Gasteiger partial charge in [-0.05, 0) is 43.5 Å². The molecule has 0 spiro atoms. The summed E-state index contributed by atoms with van der Waals surface area (Å²) >= 11 is 0. The fourth-order valence-electron chi connectivity index (χ4n) is 2.34. The van der Waals surface area contributed by atoms with E-state index in [1.807, 2.05) is 0 Å². The van der Waals surface area contributed by atoms with E-state index in [9.17, 15) is 9.50 Å². The standard InChI is InChI=1S/C13H13FN2O/c14-9-4-6-10(7-5-9)16-12-2-1-3-13(17)11(12)8-15-16/h4-8,13,17H,1-3H2. The summed E-state index contributed by atoms with van der Waals surface area (Å²) in [5.41, 5.74) is 2.78. The lowest BCUT2D eigenvalue weighted by molar-refractivity contribution is 0.156. The van der Waals surface area contributed by atoms with Gasteiger partial charge in [-0.15, -0.1) is 0 Å². The lowest BCUT2D eigenvalue weighted by atomic mass is 9.95.